The topological polar surface area (TPSA) is 89.4 Å². The molecule has 0 aliphatic rings. The molecule has 0 bridgehead atoms. The second-order valence-electron chi connectivity index (χ2n) is 5.93. The molecule has 0 saturated heterocycles. The lowest BCUT2D eigenvalue weighted by Crippen LogP contribution is -2.32. The summed E-state index contributed by atoms with van der Waals surface area (Å²) >= 11 is 0. The highest BCUT2D eigenvalue weighted by Gasteiger charge is 2.19. The van der Waals surface area contributed by atoms with Gasteiger partial charge in [-0.1, -0.05) is 33.8 Å². The zero-order valence-corrected chi connectivity index (χ0v) is 13.4. The molecule has 0 aliphatic heterocycles. The number of nitrogens with two attached hydrogens (primary N) is 2. The second-order valence-corrected chi connectivity index (χ2v) is 7.46. The number of nitrogen functional groups attached to an aromatic ring is 1. The van der Waals surface area contributed by atoms with E-state index in [1.165, 1.54) is 6.07 Å². The first kappa shape index (κ1) is 16.8. The molecule has 0 aromatic heterocycles. The number of anilines is 2. The fraction of sp³-hybridized carbons (Fsp3) is 0.571. The van der Waals surface area contributed by atoms with E-state index in [4.69, 9.17) is 10.9 Å². The van der Waals surface area contributed by atoms with Gasteiger partial charge in [0.2, 0.25) is 10.0 Å². The first-order valence-corrected chi connectivity index (χ1v) is 8.33. The van der Waals surface area contributed by atoms with Crippen LogP contribution in [-0.4, -0.2) is 21.5 Å². The summed E-state index contributed by atoms with van der Waals surface area (Å²) in [4.78, 5) is 2.12. The minimum absolute atomic E-state index is 0.00693. The van der Waals surface area contributed by atoms with Crippen molar-refractivity contribution >= 4 is 21.4 Å². The Morgan fingerprint density at radius 3 is 2.00 bits per heavy atom. The molecule has 0 saturated carbocycles. The van der Waals surface area contributed by atoms with Crippen molar-refractivity contribution in [1.29, 1.82) is 0 Å². The van der Waals surface area contributed by atoms with Crippen LogP contribution < -0.4 is 15.8 Å². The monoisotopic (exact) mass is 299 g/mol. The zero-order chi connectivity index (χ0) is 15.5. The van der Waals surface area contributed by atoms with E-state index >= 15 is 0 Å². The van der Waals surface area contributed by atoms with Gasteiger partial charge in [0.15, 0.2) is 0 Å². The van der Waals surface area contributed by atoms with Gasteiger partial charge in [-0.15, -0.1) is 0 Å². The van der Waals surface area contributed by atoms with Gasteiger partial charge in [0.25, 0.3) is 0 Å². The average Bonchev–Trinajstić information content (AvgIpc) is 2.25. The molecule has 1 rings (SSSR count). The number of hydrogen-bond acceptors (Lipinski definition) is 4. The summed E-state index contributed by atoms with van der Waals surface area (Å²) in [6.07, 6.45) is 0. The van der Waals surface area contributed by atoms with Crippen LogP contribution in [0.2, 0.25) is 0 Å². The standard InChI is InChI=1S/C14H25N3O2S/c1-10(2)8-17(9-11(3)4)12-6-5-7-13(14(12)15)20(16,18)19/h5-7,10-11H,8-9,15H2,1-4H3,(H2,16,18,19). The van der Waals surface area contributed by atoms with Crippen LogP contribution in [0, 0.1) is 11.8 Å². The molecule has 0 unspecified atom stereocenters. The first-order chi connectivity index (χ1) is 9.12. The molecule has 6 heteroatoms. The summed E-state index contributed by atoms with van der Waals surface area (Å²) in [5.41, 5.74) is 6.99. The van der Waals surface area contributed by atoms with Crippen LogP contribution in [0.15, 0.2) is 23.1 Å². The highest BCUT2D eigenvalue weighted by atomic mass is 32.2. The lowest BCUT2D eigenvalue weighted by molar-refractivity contribution is 0.553. The third kappa shape index (κ3) is 4.38. The molecule has 0 heterocycles. The van der Waals surface area contributed by atoms with E-state index in [0.717, 1.165) is 18.8 Å². The predicted octanol–water partition coefficient (Wildman–Crippen LogP) is 2.03. The molecular weight excluding hydrogens is 274 g/mol. The lowest BCUT2D eigenvalue weighted by Gasteiger charge is -2.30. The van der Waals surface area contributed by atoms with E-state index < -0.39 is 10.0 Å². The molecule has 0 atom stereocenters. The van der Waals surface area contributed by atoms with Crippen molar-refractivity contribution in [3.8, 4) is 0 Å². The van der Waals surface area contributed by atoms with Gasteiger partial charge in [0, 0.05) is 13.1 Å². The smallest absolute Gasteiger partial charge is 0.240 e. The van der Waals surface area contributed by atoms with Gasteiger partial charge < -0.3 is 10.6 Å². The summed E-state index contributed by atoms with van der Waals surface area (Å²) in [6.45, 7) is 10.1. The molecule has 1 aromatic carbocycles. The minimum atomic E-state index is -3.80. The van der Waals surface area contributed by atoms with Crippen molar-refractivity contribution in [1.82, 2.24) is 0 Å². The van der Waals surface area contributed by atoms with Crippen molar-refractivity contribution in [2.45, 2.75) is 32.6 Å². The van der Waals surface area contributed by atoms with Crippen molar-refractivity contribution in [3.05, 3.63) is 18.2 Å². The van der Waals surface area contributed by atoms with E-state index in [9.17, 15) is 8.42 Å². The van der Waals surface area contributed by atoms with Crippen LogP contribution in [0.4, 0.5) is 11.4 Å². The summed E-state index contributed by atoms with van der Waals surface area (Å²) in [5, 5.41) is 5.20. The molecule has 0 fully saturated rings. The number of sulfonamides is 1. The van der Waals surface area contributed by atoms with Gasteiger partial charge in [0.05, 0.1) is 11.4 Å². The molecule has 0 amide bonds. The Kier molecular flexibility index (Phi) is 5.42. The lowest BCUT2D eigenvalue weighted by atomic mass is 10.1. The largest absolute Gasteiger partial charge is 0.396 e. The van der Waals surface area contributed by atoms with Gasteiger partial charge in [-0.2, -0.15) is 0 Å². The maximum Gasteiger partial charge on any atom is 0.240 e. The molecule has 20 heavy (non-hydrogen) atoms. The van der Waals surface area contributed by atoms with E-state index in [2.05, 4.69) is 32.6 Å². The second kappa shape index (κ2) is 6.45. The quantitative estimate of drug-likeness (QED) is 0.787. The predicted molar refractivity (Wildman–Crippen MR) is 84.1 cm³/mol. The number of hydrogen-bond donors (Lipinski definition) is 2. The average molecular weight is 299 g/mol. The number of primary sulfonamides is 1. The van der Waals surface area contributed by atoms with Crippen LogP contribution in [0.1, 0.15) is 27.7 Å². The SMILES string of the molecule is CC(C)CN(CC(C)C)c1cccc(S(N)(=O)=O)c1N. The highest BCUT2D eigenvalue weighted by Crippen LogP contribution is 2.30. The van der Waals surface area contributed by atoms with Crippen molar-refractivity contribution < 1.29 is 8.42 Å². The number of rotatable bonds is 6. The maximum atomic E-state index is 11.6. The molecule has 4 N–H and O–H groups in total. The number of benzene rings is 1. The molecule has 114 valence electrons. The van der Waals surface area contributed by atoms with Gasteiger partial charge >= 0.3 is 0 Å². The summed E-state index contributed by atoms with van der Waals surface area (Å²) in [6, 6.07) is 4.96. The summed E-state index contributed by atoms with van der Waals surface area (Å²) < 4.78 is 23.1. The van der Waals surface area contributed by atoms with Crippen molar-refractivity contribution in [3.63, 3.8) is 0 Å². The van der Waals surface area contributed by atoms with Crippen molar-refractivity contribution in [2.75, 3.05) is 23.7 Å². The third-order valence-electron chi connectivity index (χ3n) is 2.86. The van der Waals surface area contributed by atoms with E-state index in [1.54, 1.807) is 6.07 Å². The van der Waals surface area contributed by atoms with Crippen LogP contribution in [0.5, 0.6) is 0 Å². The Morgan fingerprint density at radius 1 is 1.10 bits per heavy atom. The Bertz CT molecular complexity index is 544. The first-order valence-electron chi connectivity index (χ1n) is 6.79. The molecule has 0 radical (unpaired) electrons. The number of para-hydroxylation sites is 1. The van der Waals surface area contributed by atoms with Crippen molar-refractivity contribution in [2.24, 2.45) is 17.0 Å². The molecule has 0 aliphatic carbocycles. The number of nitrogens with zero attached hydrogens (tertiary/aromatic N) is 1. The Hall–Kier alpha value is -1.27. The van der Waals surface area contributed by atoms with E-state index in [1.807, 2.05) is 6.07 Å². The van der Waals surface area contributed by atoms with E-state index in [-0.39, 0.29) is 10.6 Å². The van der Waals surface area contributed by atoms with Gasteiger partial charge in [-0.3, -0.25) is 0 Å². The van der Waals surface area contributed by atoms with Crippen LogP contribution in [-0.2, 0) is 10.0 Å². The Labute approximate surface area is 122 Å². The fourth-order valence-electron chi connectivity index (χ4n) is 2.21. The minimum Gasteiger partial charge on any atom is -0.396 e. The summed E-state index contributed by atoms with van der Waals surface area (Å²) in [7, 11) is -3.80. The van der Waals surface area contributed by atoms with Gasteiger partial charge in [-0.25, -0.2) is 13.6 Å². The van der Waals surface area contributed by atoms with Crippen LogP contribution >= 0.6 is 0 Å². The fourth-order valence-corrected chi connectivity index (χ4v) is 2.89. The molecule has 1 aromatic rings. The maximum absolute atomic E-state index is 11.6. The zero-order valence-electron chi connectivity index (χ0n) is 12.6. The molecular formula is C14H25N3O2S. The van der Waals surface area contributed by atoms with Gasteiger partial charge in [0.1, 0.15) is 4.90 Å². The van der Waals surface area contributed by atoms with E-state index in [0.29, 0.717) is 11.8 Å². The van der Waals surface area contributed by atoms with Crippen LogP contribution in [0.3, 0.4) is 0 Å². The third-order valence-corrected chi connectivity index (χ3v) is 3.83. The normalized spacial score (nSPS) is 12.2. The molecule has 5 nitrogen and oxygen atoms in total. The van der Waals surface area contributed by atoms with Gasteiger partial charge in [-0.05, 0) is 24.0 Å². The Morgan fingerprint density at radius 2 is 1.60 bits per heavy atom. The summed E-state index contributed by atoms with van der Waals surface area (Å²) in [5.74, 6) is 0.901. The molecule has 0 spiro atoms. The van der Waals surface area contributed by atoms with Crippen LogP contribution in [0.25, 0.3) is 0 Å². The highest BCUT2D eigenvalue weighted by molar-refractivity contribution is 7.89. The Balaban J connectivity index is 3.27.